The summed E-state index contributed by atoms with van der Waals surface area (Å²) in [4.78, 5) is 7.20. The second-order valence-electron chi connectivity index (χ2n) is 6.92. The zero-order valence-corrected chi connectivity index (χ0v) is 18.2. The molecule has 1 saturated heterocycles. The Morgan fingerprint density at radius 1 is 1.34 bits per heavy atom. The molecule has 0 unspecified atom stereocenters. The fourth-order valence-electron chi connectivity index (χ4n) is 3.16. The van der Waals surface area contributed by atoms with E-state index < -0.39 is 38.9 Å². The molecule has 0 amide bonds. The molecule has 13 heteroatoms. The Balaban J connectivity index is 2.04. The molecular weight excluding hydrogens is 448 g/mol. The first-order chi connectivity index (χ1) is 15.2. The topological polar surface area (TPSA) is 127 Å². The summed E-state index contributed by atoms with van der Waals surface area (Å²) in [6, 6.07) is 3.41. The molecule has 10 nitrogen and oxygen atoms in total. The maximum absolute atomic E-state index is 14.9. The predicted molar refractivity (Wildman–Crippen MR) is 110 cm³/mol. The third-order valence-electron chi connectivity index (χ3n) is 4.80. The maximum atomic E-state index is 14.9. The molecule has 1 aromatic carbocycles. The van der Waals surface area contributed by atoms with Gasteiger partial charge in [-0.3, -0.25) is 5.41 Å². The van der Waals surface area contributed by atoms with Crippen molar-refractivity contribution in [2.45, 2.75) is 17.8 Å². The lowest BCUT2D eigenvalue weighted by molar-refractivity contribution is -0.00500. The molecule has 2 atom stereocenters. The van der Waals surface area contributed by atoms with Crippen LogP contribution < -0.4 is 10.1 Å². The number of nitrogens with zero attached hydrogens (tertiary/aromatic N) is 3. The van der Waals surface area contributed by atoms with Gasteiger partial charge >= 0.3 is 0 Å². The van der Waals surface area contributed by atoms with Crippen LogP contribution in [0.15, 0.2) is 30.7 Å². The molecule has 1 aromatic heterocycles. The molecule has 3 rings (SSSR count). The first kappa shape index (κ1) is 23.8. The number of benzene rings is 1. The highest BCUT2D eigenvalue weighted by Gasteiger charge is 2.37. The smallest absolute Gasteiger partial charge is 0.259 e. The minimum absolute atomic E-state index is 0.0219. The molecule has 2 N–H and O–H groups in total. The SMILES string of the molecule is COC[C@H]1C[C@H](c2cc(Oc3ncncc3F)ccc2F)S(=O)(=O)N(C)C(=N)NCCO1. The second kappa shape index (κ2) is 10.1. The van der Waals surface area contributed by atoms with E-state index in [1.807, 2.05) is 0 Å². The molecule has 2 aromatic rings. The van der Waals surface area contributed by atoms with Gasteiger partial charge in [-0.05, 0) is 24.6 Å². The van der Waals surface area contributed by atoms with E-state index in [4.69, 9.17) is 19.6 Å². The number of hydrogen-bond acceptors (Lipinski definition) is 8. The molecule has 0 aliphatic carbocycles. The summed E-state index contributed by atoms with van der Waals surface area (Å²) in [7, 11) is -1.61. The Bertz CT molecular complexity index is 1070. The molecule has 174 valence electrons. The number of halogens is 2. The molecule has 32 heavy (non-hydrogen) atoms. The van der Waals surface area contributed by atoms with E-state index in [2.05, 4.69) is 15.3 Å². The fraction of sp³-hybridized carbons (Fsp3) is 0.421. The zero-order chi connectivity index (χ0) is 23.3. The third-order valence-corrected chi connectivity index (χ3v) is 6.91. The Hall–Kier alpha value is -2.90. The van der Waals surface area contributed by atoms with Crippen LogP contribution in [-0.4, -0.2) is 68.7 Å². The highest BCUT2D eigenvalue weighted by atomic mass is 32.2. The lowest BCUT2D eigenvalue weighted by Crippen LogP contribution is -2.46. The van der Waals surface area contributed by atoms with Crippen LogP contribution in [-0.2, 0) is 19.5 Å². The second-order valence-corrected chi connectivity index (χ2v) is 9.07. The van der Waals surface area contributed by atoms with E-state index in [1.165, 1.54) is 26.3 Å². The van der Waals surface area contributed by atoms with Gasteiger partial charge in [0.05, 0.1) is 25.5 Å². The monoisotopic (exact) mass is 471 g/mol. The summed E-state index contributed by atoms with van der Waals surface area (Å²) < 4.78 is 72.4. The summed E-state index contributed by atoms with van der Waals surface area (Å²) in [6.07, 6.45) is 1.18. The van der Waals surface area contributed by atoms with Crippen molar-refractivity contribution in [3.63, 3.8) is 0 Å². The molecular formula is C19H23F2N5O5S. The Kier molecular flexibility index (Phi) is 7.53. The lowest BCUT2D eigenvalue weighted by Gasteiger charge is -2.31. The largest absolute Gasteiger partial charge is 0.436 e. The van der Waals surface area contributed by atoms with Crippen molar-refractivity contribution in [2.24, 2.45) is 0 Å². The number of sulfonamides is 1. The van der Waals surface area contributed by atoms with Gasteiger partial charge in [-0.2, -0.15) is 9.37 Å². The van der Waals surface area contributed by atoms with Gasteiger partial charge in [-0.15, -0.1) is 0 Å². The number of rotatable bonds is 5. The predicted octanol–water partition coefficient (Wildman–Crippen LogP) is 1.81. The van der Waals surface area contributed by atoms with Gasteiger partial charge in [0.2, 0.25) is 21.8 Å². The van der Waals surface area contributed by atoms with Crippen LogP contribution in [0.25, 0.3) is 0 Å². The summed E-state index contributed by atoms with van der Waals surface area (Å²) in [5, 5.41) is 9.20. The van der Waals surface area contributed by atoms with Gasteiger partial charge in [-0.1, -0.05) is 0 Å². The standard InChI is InChI=1S/C19H23F2N5O5S/c1-26-19(22)24-5-6-30-13(10-29-2)8-17(32(26,27)28)14-7-12(3-4-15(14)20)31-18-16(21)9-23-11-25-18/h3-4,7,9,11,13,17H,5-6,8,10H2,1-2H3,(H2,22,24)/t13-,17-/m1/s1. The van der Waals surface area contributed by atoms with Crippen molar-refractivity contribution >= 4 is 16.0 Å². The maximum Gasteiger partial charge on any atom is 0.259 e. The number of guanidine groups is 1. The van der Waals surface area contributed by atoms with Crippen LogP contribution in [0.4, 0.5) is 8.78 Å². The van der Waals surface area contributed by atoms with Crippen LogP contribution in [0, 0.1) is 17.0 Å². The quantitative estimate of drug-likeness (QED) is 0.676. The fourth-order valence-corrected chi connectivity index (χ4v) is 4.82. The molecule has 0 saturated carbocycles. The molecule has 2 heterocycles. The van der Waals surface area contributed by atoms with Gasteiger partial charge in [0.15, 0.2) is 0 Å². The number of hydrogen-bond donors (Lipinski definition) is 2. The van der Waals surface area contributed by atoms with Crippen LogP contribution in [0.5, 0.6) is 11.6 Å². The summed E-state index contributed by atoms with van der Waals surface area (Å²) >= 11 is 0. The van der Waals surface area contributed by atoms with Crippen LogP contribution in [0.1, 0.15) is 17.2 Å². The highest BCUT2D eigenvalue weighted by molar-refractivity contribution is 7.89. The lowest BCUT2D eigenvalue weighted by atomic mass is 10.1. The molecule has 0 bridgehead atoms. The van der Waals surface area contributed by atoms with Crippen LogP contribution >= 0.6 is 0 Å². The molecule has 1 aliphatic heterocycles. The van der Waals surface area contributed by atoms with Crippen molar-refractivity contribution in [3.05, 3.63) is 47.9 Å². The first-order valence-corrected chi connectivity index (χ1v) is 11.1. The molecule has 1 fully saturated rings. The summed E-state index contributed by atoms with van der Waals surface area (Å²) in [6.45, 7) is 0.485. The van der Waals surface area contributed by atoms with E-state index >= 15 is 0 Å². The highest BCUT2D eigenvalue weighted by Crippen LogP contribution is 2.35. The number of methoxy groups -OCH3 is 1. The first-order valence-electron chi connectivity index (χ1n) is 9.57. The van der Waals surface area contributed by atoms with E-state index in [0.29, 0.717) is 0 Å². The van der Waals surface area contributed by atoms with Gasteiger partial charge in [0.1, 0.15) is 23.1 Å². The van der Waals surface area contributed by atoms with Crippen molar-refractivity contribution in [2.75, 3.05) is 33.9 Å². The third kappa shape index (κ3) is 5.29. The minimum atomic E-state index is -4.26. The number of nitrogens with one attached hydrogen (secondary N) is 2. The van der Waals surface area contributed by atoms with Crippen molar-refractivity contribution in [1.29, 1.82) is 5.41 Å². The van der Waals surface area contributed by atoms with Crippen molar-refractivity contribution in [1.82, 2.24) is 19.6 Å². The van der Waals surface area contributed by atoms with Gasteiger partial charge in [0, 0.05) is 26.3 Å². The van der Waals surface area contributed by atoms with Crippen LogP contribution in [0.3, 0.4) is 0 Å². The minimum Gasteiger partial charge on any atom is -0.436 e. The zero-order valence-electron chi connectivity index (χ0n) is 17.4. The summed E-state index contributed by atoms with van der Waals surface area (Å²) in [5.74, 6) is -2.44. The Labute approximate surface area is 184 Å². The molecule has 0 spiro atoms. The van der Waals surface area contributed by atoms with Gasteiger partial charge in [0.25, 0.3) is 5.88 Å². The van der Waals surface area contributed by atoms with Gasteiger partial charge < -0.3 is 19.5 Å². The van der Waals surface area contributed by atoms with E-state index in [1.54, 1.807) is 0 Å². The average Bonchev–Trinajstić information content (AvgIpc) is 2.76. The Morgan fingerprint density at radius 3 is 2.84 bits per heavy atom. The number of ether oxygens (including phenoxy) is 3. The normalized spacial score (nSPS) is 21.6. The van der Waals surface area contributed by atoms with Crippen molar-refractivity contribution < 1.29 is 31.4 Å². The molecule has 0 radical (unpaired) electrons. The Morgan fingerprint density at radius 2 is 2.12 bits per heavy atom. The molecule has 1 aliphatic rings. The van der Waals surface area contributed by atoms with Gasteiger partial charge in [-0.25, -0.2) is 22.1 Å². The van der Waals surface area contributed by atoms with E-state index in [9.17, 15) is 17.2 Å². The van der Waals surface area contributed by atoms with E-state index in [0.717, 1.165) is 22.9 Å². The van der Waals surface area contributed by atoms with Crippen LogP contribution in [0.2, 0.25) is 0 Å². The summed E-state index contributed by atoms with van der Waals surface area (Å²) in [5.41, 5.74) is -0.220. The van der Waals surface area contributed by atoms with Crippen molar-refractivity contribution in [3.8, 4) is 11.6 Å². The van der Waals surface area contributed by atoms with E-state index in [-0.39, 0.29) is 43.5 Å². The average molecular weight is 471 g/mol. The number of aromatic nitrogens is 2.